The normalized spacial score (nSPS) is 13.5. The molecule has 0 radical (unpaired) electrons. The quantitative estimate of drug-likeness (QED) is 0.899. The van der Waals surface area contributed by atoms with E-state index < -0.39 is 27.5 Å². The molecule has 1 N–H and O–H groups in total. The second-order valence-corrected chi connectivity index (χ2v) is 7.22. The minimum Gasteiger partial charge on any atom is -0.481 e. The first-order valence-electron chi connectivity index (χ1n) is 6.15. The smallest absolute Gasteiger partial charge is 0.304 e. The summed E-state index contributed by atoms with van der Waals surface area (Å²) in [4.78, 5) is 10.6. The van der Waals surface area contributed by atoms with E-state index in [1.165, 1.54) is 6.92 Å². The SMILES string of the molecule is CC(CC(=O)O)S(=O)(=O)Cc1nn(C)c2ccccc12. The third-order valence-corrected chi connectivity index (χ3v) is 5.32. The van der Waals surface area contributed by atoms with Crippen molar-refractivity contribution in [3.8, 4) is 0 Å². The van der Waals surface area contributed by atoms with Gasteiger partial charge in [-0.1, -0.05) is 18.2 Å². The maximum absolute atomic E-state index is 12.2. The van der Waals surface area contributed by atoms with Crippen LogP contribution in [0.1, 0.15) is 19.0 Å². The van der Waals surface area contributed by atoms with E-state index in [1.54, 1.807) is 11.7 Å². The van der Waals surface area contributed by atoms with Gasteiger partial charge < -0.3 is 5.11 Å². The summed E-state index contributed by atoms with van der Waals surface area (Å²) in [5, 5.41) is 12.8. The third-order valence-electron chi connectivity index (χ3n) is 3.25. The Bertz CT molecular complexity index is 749. The minimum atomic E-state index is -3.54. The molecule has 7 heteroatoms. The number of sulfone groups is 1. The number of aromatic nitrogens is 2. The van der Waals surface area contributed by atoms with E-state index in [9.17, 15) is 13.2 Å². The number of aryl methyl sites for hydroxylation is 1. The molecule has 1 aromatic heterocycles. The van der Waals surface area contributed by atoms with Crippen molar-refractivity contribution in [1.29, 1.82) is 0 Å². The molecule has 0 fully saturated rings. The number of para-hydroxylation sites is 1. The molecule has 1 aromatic carbocycles. The van der Waals surface area contributed by atoms with Crippen molar-refractivity contribution in [3.63, 3.8) is 0 Å². The summed E-state index contributed by atoms with van der Waals surface area (Å²) in [6, 6.07) is 7.35. The van der Waals surface area contributed by atoms with Crippen molar-refractivity contribution in [2.24, 2.45) is 7.05 Å². The van der Waals surface area contributed by atoms with Crippen molar-refractivity contribution in [2.45, 2.75) is 24.3 Å². The average Bonchev–Trinajstić information content (AvgIpc) is 2.65. The van der Waals surface area contributed by atoms with Gasteiger partial charge in [-0.25, -0.2) is 8.42 Å². The van der Waals surface area contributed by atoms with Crippen molar-refractivity contribution >= 4 is 26.7 Å². The summed E-state index contributed by atoms with van der Waals surface area (Å²) in [6.07, 6.45) is -0.396. The Morgan fingerprint density at radius 2 is 2.05 bits per heavy atom. The number of carboxylic acids is 1. The highest BCUT2D eigenvalue weighted by atomic mass is 32.2. The van der Waals surface area contributed by atoms with E-state index in [0.717, 1.165) is 10.9 Å². The Morgan fingerprint density at radius 1 is 1.40 bits per heavy atom. The molecular formula is C13H16N2O4S. The molecule has 1 heterocycles. The molecule has 2 aromatic rings. The Hall–Kier alpha value is -1.89. The minimum absolute atomic E-state index is 0.247. The van der Waals surface area contributed by atoms with Gasteiger partial charge in [0.2, 0.25) is 0 Å². The molecule has 1 atom stereocenters. The monoisotopic (exact) mass is 296 g/mol. The molecular weight excluding hydrogens is 280 g/mol. The zero-order chi connectivity index (χ0) is 14.9. The summed E-state index contributed by atoms with van der Waals surface area (Å²) < 4.78 is 26.0. The van der Waals surface area contributed by atoms with E-state index in [2.05, 4.69) is 5.10 Å². The number of carbonyl (C=O) groups is 1. The second-order valence-electron chi connectivity index (χ2n) is 4.80. The van der Waals surface area contributed by atoms with Crippen LogP contribution in [0.25, 0.3) is 10.9 Å². The van der Waals surface area contributed by atoms with Crippen LogP contribution in [-0.2, 0) is 27.4 Å². The molecule has 0 saturated heterocycles. The summed E-state index contributed by atoms with van der Waals surface area (Å²) in [7, 11) is -1.79. The van der Waals surface area contributed by atoms with Crippen LogP contribution in [0.2, 0.25) is 0 Å². The first kappa shape index (κ1) is 14.5. The number of aliphatic carboxylic acids is 1. The van der Waals surface area contributed by atoms with E-state index in [0.29, 0.717) is 5.69 Å². The molecule has 0 aliphatic rings. The highest BCUT2D eigenvalue weighted by Crippen LogP contribution is 2.21. The number of nitrogens with zero attached hydrogens (tertiary/aromatic N) is 2. The van der Waals surface area contributed by atoms with Crippen LogP contribution in [0.15, 0.2) is 24.3 Å². The topological polar surface area (TPSA) is 89.3 Å². The summed E-state index contributed by atoms with van der Waals surface area (Å²) in [5.74, 6) is -1.37. The summed E-state index contributed by atoms with van der Waals surface area (Å²) >= 11 is 0. The molecule has 0 amide bonds. The number of fused-ring (bicyclic) bond motifs is 1. The maximum Gasteiger partial charge on any atom is 0.304 e. The van der Waals surface area contributed by atoms with Crippen LogP contribution >= 0.6 is 0 Å². The lowest BCUT2D eigenvalue weighted by molar-refractivity contribution is -0.136. The maximum atomic E-state index is 12.2. The molecule has 0 saturated carbocycles. The molecule has 0 bridgehead atoms. The lowest BCUT2D eigenvalue weighted by Crippen LogP contribution is -2.23. The lowest BCUT2D eigenvalue weighted by Gasteiger charge is -2.09. The van der Waals surface area contributed by atoms with Gasteiger partial charge in [-0.3, -0.25) is 9.48 Å². The fourth-order valence-corrected chi connectivity index (χ4v) is 3.38. The number of hydrogen-bond donors (Lipinski definition) is 1. The van der Waals surface area contributed by atoms with Gasteiger partial charge in [0.1, 0.15) is 0 Å². The Balaban J connectivity index is 2.35. The van der Waals surface area contributed by atoms with Crippen molar-refractivity contribution in [1.82, 2.24) is 9.78 Å². The second kappa shape index (κ2) is 5.24. The molecule has 0 aliphatic carbocycles. The van der Waals surface area contributed by atoms with Gasteiger partial charge in [-0.05, 0) is 13.0 Å². The van der Waals surface area contributed by atoms with E-state index in [1.807, 2.05) is 24.3 Å². The van der Waals surface area contributed by atoms with Crippen molar-refractivity contribution in [3.05, 3.63) is 30.0 Å². The van der Waals surface area contributed by atoms with Gasteiger partial charge in [0.05, 0.1) is 28.6 Å². The van der Waals surface area contributed by atoms with Crippen molar-refractivity contribution < 1.29 is 18.3 Å². The van der Waals surface area contributed by atoms with E-state index in [4.69, 9.17) is 5.11 Å². The molecule has 2 rings (SSSR count). The number of carboxylic acid groups (broad SMARTS) is 1. The van der Waals surface area contributed by atoms with Crippen LogP contribution in [-0.4, -0.2) is 34.5 Å². The molecule has 20 heavy (non-hydrogen) atoms. The van der Waals surface area contributed by atoms with Gasteiger partial charge in [0, 0.05) is 12.4 Å². The summed E-state index contributed by atoms with van der Waals surface area (Å²) in [6.45, 7) is 1.41. The van der Waals surface area contributed by atoms with Gasteiger partial charge >= 0.3 is 5.97 Å². The Kier molecular flexibility index (Phi) is 3.80. The predicted octanol–water partition coefficient (Wildman–Crippen LogP) is 1.35. The Morgan fingerprint density at radius 3 is 2.70 bits per heavy atom. The van der Waals surface area contributed by atoms with Gasteiger partial charge in [0.15, 0.2) is 9.84 Å². The largest absolute Gasteiger partial charge is 0.481 e. The molecule has 6 nitrogen and oxygen atoms in total. The van der Waals surface area contributed by atoms with Crippen LogP contribution in [0.4, 0.5) is 0 Å². The van der Waals surface area contributed by atoms with E-state index in [-0.39, 0.29) is 5.75 Å². The van der Waals surface area contributed by atoms with Crippen LogP contribution in [0, 0.1) is 0 Å². The van der Waals surface area contributed by atoms with Crippen LogP contribution in [0.3, 0.4) is 0 Å². The lowest BCUT2D eigenvalue weighted by atomic mass is 10.2. The molecule has 1 unspecified atom stereocenters. The zero-order valence-electron chi connectivity index (χ0n) is 11.3. The molecule has 0 spiro atoms. The molecule has 0 aliphatic heterocycles. The first-order valence-corrected chi connectivity index (χ1v) is 7.87. The van der Waals surface area contributed by atoms with E-state index >= 15 is 0 Å². The molecule has 108 valence electrons. The van der Waals surface area contributed by atoms with Crippen LogP contribution < -0.4 is 0 Å². The zero-order valence-corrected chi connectivity index (χ0v) is 12.1. The standard InChI is InChI=1S/C13H16N2O4S/c1-9(7-13(16)17)20(18,19)8-11-10-5-3-4-6-12(10)15(2)14-11/h3-6,9H,7-8H2,1-2H3,(H,16,17). The van der Waals surface area contributed by atoms with Crippen molar-refractivity contribution in [2.75, 3.05) is 0 Å². The fourth-order valence-electron chi connectivity index (χ4n) is 2.10. The number of hydrogen-bond acceptors (Lipinski definition) is 4. The van der Waals surface area contributed by atoms with Gasteiger partial charge in [0.25, 0.3) is 0 Å². The highest BCUT2D eigenvalue weighted by molar-refractivity contribution is 7.91. The summed E-state index contributed by atoms with van der Waals surface area (Å²) in [5.41, 5.74) is 1.31. The van der Waals surface area contributed by atoms with Gasteiger partial charge in [-0.15, -0.1) is 0 Å². The highest BCUT2D eigenvalue weighted by Gasteiger charge is 2.26. The van der Waals surface area contributed by atoms with Gasteiger partial charge in [-0.2, -0.15) is 5.10 Å². The van der Waals surface area contributed by atoms with Crippen LogP contribution in [0.5, 0.6) is 0 Å². The average molecular weight is 296 g/mol. The fraction of sp³-hybridized carbons (Fsp3) is 0.385. The Labute approximate surface area is 116 Å². The number of rotatable bonds is 5. The number of benzene rings is 1. The predicted molar refractivity (Wildman–Crippen MR) is 75.1 cm³/mol. The third kappa shape index (κ3) is 2.82. The first-order chi connectivity index (χ1) is 9.31.